The lowest BCUT2D eigenvalue weighted by Gasteiger charge is -2.35. The molecule has 0 saturated heterocycles. The first-order chi connectivity index (χ1) is 8.09. The second kappa shape index (κ2) is 4.32. The Kier molecular flexibility index (Phi) is 2.86. The van der Waals surface area contributed by atoms with E-state index >= 15 is 0 Å². The zero-order valence-corrected chi connectivity index (χ0v) is 9.72. The first-order valence-electron chi connectivity index (χ1n) is 5.35. The third kappa shape index (κ3) is 2.15. The first-order valence-corrected chi connectivity index (χ1v) is 5.35. The summed E-state index contributed by atoms with van der Waals surface area (Å²) in [5, 5.41) is 7.87. The van der Waals surface area contributed by atoms with Crippen molar-refractivity contribution in [3.05, 3.63) is 24.3 Å². The van der Waals surface area contributed by atoms with Crippen LogP contribution in [0.2, 0.25) is 0 Å². The lowest BCUT2D eigenvalue weighted by Crippen LogP contribution is -2.42. The fraction of sp³-hybridized carbons (Fsp3) is 0.273. The molecule has 1 aromatic rings. The quantitative estimate of drug-likeness (QED) is 0.438. The van der Waals surface area contributed by atoms with Gasteiger partial charge in [-0.1, -0.05) is 12.1 Å². The van der Waals surface area contributed by atoms with Gasteiger partial charge in [0.05, 0.1) is 11.4 Å². The SMILES string of the molecule is CN1CCN(C(=N)N=C(N)N)c2ccccc21. The number of hydrogen-bond acceptors (Lipinski definition) is 2. The van der Waals surface area contributed by atoms with E-state index in [4.69, 9.17) is 16.9 Å². The monoisotopic (exact) mass is 232 g/mol. The minimum atomic E-state index is -0.0913. The Bertz CT molecular complexity index is 463. The van der Waals surface area contributed by atoms with Crippen LogP contribution in [-0.2, 0) is 0 Å². The van der Waals surface area contributed by atoms with E-state index in [2.05, 4.69) is 9.89 Å². The molecule has 2 rings (SSSR count). The highest BCUT2D eigenvalue weighted by molar-refractivity contribution is 6.03. The summed E-state index contributed by atoms with van der Waals surface area (Å²) in [6.45, 7) is 1.53. The molecule has 1 aliphatic rings. The van der Waals surface area contributed by atoms with E-state index in [1.165, 1.54) is 0 Å². The summed E-state index contributed by atoms with van der Waals surface area (Å²) >= 11 is 0. The highest BCUT2D eigenvalue weighted by atomic mass is 15.3. The Morgan fingerprint density at radius 3 is 2.53 bits per heavy atom. The first kappa shape index (κ1) is 11.3. The largest absolute Gasteiger partial charge is 0.371 e. The van der Waals surface area contributed by atoms with Crippen molar-refractivity contribution in [2.24, 2.45) is 16.5 Å². The third-order valence-corrected chi connectivity index (χ3v) is 2.73. The fourth-order valence-corrected chi connectivity index (χ4v) is 1.91. The van der Waals surface area contributed by atoms with Gasteiger partial charge in [0.1, 0.15) is 0 Å². The molecule has 0 radical (unpaired) electrons. The molecule has 17 heavy (non-hydrogen) atoms. The maximum Gasteiger partial charge on any atom is 0.225 e. The maximum absolute atomic E-state index is 7.87. The molecule has 6 nitrogen and oxygen atoms in total. The molecule has 1 heterocycles. The standard InChI is InChI=1S/C11H16N6/c1-16-6-7-17(11(14)15-10(12)13)9-5-3-2-4-8(9)16/h2-5H,6-7H2,1H3,(H5,12,13,14,15). The lowest BCUT2D eigenvalue weighted by atomic mass is 10.2. The Hall–Kier alpha value is -2.24. The molecule has 0 spiro atoms. The van der Waals surface area contributed by atoms with Crippen molar-refractivity contribution in [2.75, 3.05) is 29.9 Å². The van der Waals surface area contributed by atoms with Crippen LogP contribution in [0, 0.1) is 5.41 Å². The second-order valence-electron chi connectivity index (χ2n) is 3.92. The van der Waals surface area contributed by atoms with Crippen molar-refractivity contribution in [3.8, 4) is 0 Å². The number of aliphatic imine (C=N–C) groups is 1. The van der Waals surface area contributed by atoms with Gasteiger partial charge in [-0.2, -0.15) is 4.99 Å². The van der Waals surface area contributed by atoms with Gasteiger partial charge < -0.3 is 21.3 Å². The molecular formula is C11H16N6. The van der Waals surface area contributed by atoms with Crippen molar-refractivity contribution in [2.45, 2.75) is 0 Å². The predicted octanol–water partition coefficient (Wildman–Crippen LogP) is 0.151. The van der Waals surface area contributed by atoms with Crippen molar-refractivity contribution in [3.63, 3.8) is 0 Å². The van der Waals surface area contributed by atoms with E-state index in [1.54, 1.807) is 4.90 Å². The van der Waals surface area contributed by atoms with Crippen molar-refractivity contribution < 1.29 is 0 Å². The van der Waals surface area contributed by atoms with E-state index in [0.29, 0.717) is 6.54 Å². The number of rotatable bonds is 0. The summed E-state index contributed by atoms with van der Waals surface area (Å²) in [5.41, 5.74) is 12.6. The zero-order chi connectivity index (χ0) is 12.4. The minimum absolute atomic E-state index is 0.0746. The number of nitrogens with two attached hydrogens (primary N) is 2. The highest BCUT2D eigenvalue weighted by Gasteiger charge is 2.22. The molecule has 0 amide bonds. The summed E-state index contributed by atoms with van der Waals surface area (Å²) in [7, 11) is 2.03. The van der Waals surface area contributed by atoms with E-state index in [9.17, 15) is 0 Å². The summed E-state index contributed by atoms with van der Waals surface area (Å²) < 4.78 is 0. The predicted molar refractivity (Wildman–Crippen MR) is 70.6 cm³/mol. The van der Waals surface area contributed by atoms with Crippen LogP contribution in [0.4, 0.5) is 11.4 Å². The normalized spacial score (nSPS) is 14.2. The van der Waals surface area contributed by atoms with Gasteiger partial charge in [0, 0.05) is 20.1 Å². The highest BCUT2D eigenvalue weighted by Crippen LogP contribution is 2.31. The van der Waals surface area contributed by atoms with E-state index < -0.39 is 0 Å². The Morgan fingerprint density at radius 1 is 1.24 bits per heavy atom. The number of hydrogen-bond donors (Lipinski definition) is 3. The number of benzene rings is 1. The molecule has 1 aromatic carbocycles. The Labute approximate surface area is 100 Å². The van der Waals surface area contributed by atoms with Gasteiger partial charge in [-0.3, -0.25) is 5.41 Å². The number of anilines is 2. The van der Waals surface area contributed by atoms with Gasteiger partial charge in [-0.05, 0) is 12.1 Å². The number of likely N-dealkylation sites (N-methyl/N-ethyl adjacent to an activating group) is 1. The molecule has 0 unspecified atom stereocenters. The molecule has 0 saturated carbocycles. The minimum Gasteiger partial charge on any atom is -0.371 e. The zero-order valence-electron chi connectivity index (χ0n) is 9.72. The number of para-hydroxylation sites is 2. The smallest absolute Gasteiger partial charge is 0.225 e. The third-order valence-electron chi connectivity index (χ3n) is 2.73. The van der Waals surface area contributed by atoms with Crippen molar-refractivity contribution in [1.82, 2.24) is 0 Å². The molecule has 0 fully saturated rings. The molecule has 0 aromatic heterocycles. The van der Waals surface area contributed by atoms with Crippen LogP contribution in [0.1, 0.15) is 0 Å². The summed E-state index contributed by atoms with van der Waals surface area (Å²) in [5.74, 6) is -0.0167. The van der Waals surface area contributed by atoms with E-state index in [1.807, 2.05) is 31.3 Å². The maximum atomic E-state index is 7.87. The van der Waals surface area contributed by atoms with Gasteiger partial charge >= 0.3 is 0 Å². The van der Waals surface area contributed by atoms with Crippen LogP contribution in [0.5, 0.6) is 0 Å². The number of nitrogens with one attached hydrogen (secondary N) is 1. The van der Waals surface area contributed by atoms with Crippen molar-refractivity contribution >= 4 is 23.3 Å². The molecular weight excluding hydrogens is 216 g/mol. The molecule has 0 aliphatic carbocycles. The van der Waals surface area contributed by atoms with E-state index in [-0.39, 0.29) is 11.9 Å². The molecule has 0 atom stereocenters. The van der Waals surface area contributed by atoms with Crippen LogP contribution >= 0.6 is 0 Å². The van der Waals surface area contributed by atoms with Crippen LogP contribution in [0.15, 0.2) is 29.3 Å². The molecule has 0 bridgehead atoms. The van der Waals surface area contributed by atoms with E-state index in [0.717, 1.165) is 17.9 Å². The van der Waals surface area contributed by atoms with Crippen molar-refractivity contribution in [1.29, 1.82) is 5.41 Å². The van der Waals surface area contributed by atoms with Crippen LogP contribution in [0.25, 0.3) is 0 Å². The summed E-state index contributed by atoms with van der Waals surface area (Å²) in [6.07, 6.45) is 0. The number of nitrogens with zero attached hydrogens (tertiary/aromatic N) is 3. The van der Waals surface area contributed by atoms with Crippen LogP contribution in [0.3, 0.4) is 0 Å². The van der Waals surface area contributed by atoms with Gasteiger partial charge in [0.2, 0.25) is 5.96 Å². The topological polar surface area (TPSA) is 94.7 Å². The average molecular weight is 232 g/mol. The molecule has 5 N–H and O–H groups in total. The summed E-state index contributed by atoms with van der Waals surface area (Å²) in [6, 6.07) is 7.89. The van der Waals surface area contributed by atoms with Crippen LogP contribution < -0.4 is 21.3 Å². The lowest BCUT2D eigenvalue weighted by molar-refractivity contribution is 0.828. The average Bonchev–Trinajstić information content (AvgIpc) is 2.29. The molecule has 6 heteroatoms. The Balaban J connectivity index is 2.36. The van der Waals surface area contributed by atoms with Gasteiger partial charge in [-0.15, -0.1) is 0 Å². The second-order valence-corrected chi connectivity index (χ2v) is 3.92. The molecule has 90 valence electrons. The summed E-state index contributed by atoms with van der Waals surface area (Å²) in [4.78, 5) is 7.74. The number of guanidine groups is 2. The van der Waals surface area contributed by atoms with Gasteiger partial charge in [-0.25, -0.2) is 0 Å². The Morgan fingerprint density at radius 2 is 1.88 bits per heavy atom. The molecule has 1 aliphatic heterocycles. The van der Waals surface area contributed by atoms with Crippen LogP contribution in [-0.4, -0.2) is 32.1 Å². The number of fused-ring (bicyclic) bond motifs is 1. The van der Waals surface area contributed by atoms with Gasteiger partial charge in [0.25, 0.3) is 0 Å². The van der Waals surface area contributed by atoms with Gasteiger partial charge in [0.15, 0.2) is 5.96 Å². The fourth-order valence-electron chi connectivity index (χ4n) is 1.91.